The van der Waals surface area contributed by atoms with Crippen LogP contribution >= 0.6 is 22.9 Å². The predicted molar refractivity (Wildman–Crippen MR) is 126 cm³/mol. The van der Waals surface area contributed by atoms with Crippen molar-refractivity contribution in [3.8, 4) is 11.5 Å². The first-order chi connectivity index (χ1) is 15.6. The van der Waals surface area contributed by atoms with E-state index in [0.717, 1.165) is 10.1 Å². The number of amides is 1. The van der Waals surface area contributed by atoms with E-state index < -0.39 is 5.97 Å². The highest BCUT2D eigenvalue weighted by atomic mass is 35.5. The third-order valence-corrected chi connectivity index (χ3v) is 6.20. The Hall–Kier alpha value is -3.68. The van der Waals surface area contributed by atoms with Crippen LogP contribution in [0.2, 0.25) is 5.02 Å². The van der Waals surface area contributed by atoms with Gasteiger partial charge in [-0.15, -0.1) is 11.3 Å². The van der Waals surface area contributed by atoms with Crippen molar-refractivity contribution in [1.29, 1.82) is 0 Å². The van der Waals surface area contributed by atoms with Gasteiger partial charge in [-0.2, -0.15) is 5.10 Å². The number of carbonyl (C=O) groups excluding carboxylic acids is 2. The maximum absolute atomic E-state index is 12.5. The van der Waals surface area contributed by atoms with Gasteiger partial charge in [0.05, 0.1) is 23.9 Å². The molecular formula is C24H17ClN2O4S. The van der Waals surface area contributed by atoms with E-state index in [1.807, 2.05) is 24.3 Å². The smallest absolute Gasteiger partial charge is 0.355 e. The van der Waals surface area contributed by atoms with Crippen molar-refractivity contribution in [3.05, 3.63) is 93.8 Å². The Bertz CT molecular complexity index is 1320. The fraction of sp³-hybridized carbons (Fsp3) is 0.0417. The lowest BCUT2D eigenvalue weighted by Gasteiger charge is -2.06. The maximum Gasteiger partial charge on any atom is 0.355 e. The van der Waals surface area contributed by atoms with Gasteiger partial charge in [-0.3, -0.25) is 4.79 Å². The fourth-order valence-electron chi connectivity index (χ4n) is 2.98. The molecule has 4 aromatic rings. The summed E-state index contributed by atoms with van der Waals surface area (Å²) in [6, 6.07) is 21.1. The Morgan fingerprint density at radius 3 is 2.47 bits per heavy atom. The van der Waals surface area contributed by atoms with Gasteiger partial charge >= 0.3 is 5.97 Å². The summed E-state index contributed by atoms with van der Waals surface area (Å²) < 4.78 is 11.5. The lowest BCUT2D eigenvalue weighted by atomic mass is 10.2. The molecule has 160 valence electrons. The summed E-state index contributed by atoms with van der Waals surface area (Å²) in [5.74, 6) is -0.0602. The van der Waals surface area contributed by atoms with Gasteiger partial charge in [-0.1, -0.05) is 41.9 Å². The van der Waals surface area contributed by atoms with Gasteiger partial charge in [0.25, 0.3) is 5.91 Å². The van der Waals surface area contributed by atoms with Crippen molar-refractivity contribution in [1.82, 2.24) is 5.43 Å². The van der Waals surface area contributed by atoms with Gasteiger partial charge in [-0.25, -0.2) is 10.2 Å². The number of rotatable bonds is 6. The van der Waals surface area contributed by atoms with Gasteiger partial charge in [0.2, 0.25) is 0 Å². The zero-order valence-electron chi connectivity index (χ0n) is 16.9. The molecule has 0 aliphatic rings. The first-order valence-electron chi connectivity index (χ1n) is 9.52. The minimum absolute atomic E-state index is 0.359. The van der Waals surface area contributed by atoms with Crippen molar-refractivity contribution in [2.24, 2.45) is 5.10 Å². The minimum Gasteiger partial charge on any atom is -0.496 e. The average Bonchev–Trinajstić information content (AvgIpc) is 3.17. The Morgan fingerprint density at radius 2 is 1.72 bits per heavy atom. The van der Waals surface area contributed by atoms with Crippen molar-refractivity contribution >= 4 is 51.1 Å². The highest BCUT2D eigenvalue weighted by Gasteiger charge is 2.19. The third-order valence-electron chi connectivity index (χ3n) is 4.54. The standard InChI is InChI=1S/C24H17ClN2O4S/c1-30-19-8-4-2-6-17(19)23(28)27-26-14-15-10-12-16(13-11-15)31-24(29)22-21(25)18-7-3-5-9-20(18)32-22/h2-14H,1H3,(H,27,28)/b26-14-. The van der Waals surface area contributed by atoms with E-state index in [-0.39, 0.29) is 5.91 Å². The molecule has 0 unspecified atom stereocenters. The molecule has 1 amide bonds. The van der Waals surface area contributed by atoms with Gasteiger partial charge in [0.15, 0.2) is 0 Å². The number of halogens is 1. The Morgan fingerprint density at radius 1 is 1.00 bits per heavy atom. The van der Waals surface area contributed by atoms with Crippen LogP contribution in [-0.2, 0) is 0 Å². The van der Waals surface area contributed by atoms with E-state index in [1.54, 1.807) is 48.5 Å². The summed E-state index contributed by atoms with van der Waals surface area (Å²) in [4.78, 5) is 25.1. The molecule has 1 aromatic heterocycles. The SMILES string of the molecule is COc1ccccc1C(=O)N/N=C\c1ccc(OC(=O)c2sc3ccccc3c2Cl)cc1. The molecule has 8 heteroatoms. The molecule has 3 aromatic carbocycles. The maximum atomic E-state index is 12.5. The lowest BCUT2D eigenvalue weighted by Crippen LogP contribution is -2.18. The first kappa shape index (κ1) is 21.5. The Balaban J connectivity index is 1.39. The predicted octanol–water partition coefficient (Wildman–Crippen LogP) is 5.55. The number of fused-ring (bicyclic) bond motifs is 1. The number of hydrogen-bond acceptors (Lipinski definition) is 6. The van der Waals surface area contributed by atoms with Crippen molar-refractivity contribution in [2.45, 2.75) is 0 Å². The normalized spacial score (nSPS) is 10.9. The van der Waals surface area contributed by atoms with Gasteiger partial charge in [0.1, 0.15) is 16.4 Å². The number of ether oxygens (including phenoxy) is 2. The zero-order valence-corrected chi connectivity index (χ0v) is 18.4. The number of methoxy groups -OCH3 is 1. The molecule has 0 spiro atoms. The van der Waals surface area contributed by atoms with E-state index in [2.05, 4.69) is 10.5 Å². The molecule has 0 aliphatic carbocycles. The number of esters is 1. The summed E-state index contributed by atoms with van der Waals surface area (Å²) >= 11 is 7.63. The van der Waals surface area contributed by atoms with Crippen molar-refractivity contribution < 1.29 is 19.1 Å². The zero-order chi connectivity index (χ0) is 22.5. The molecule has 4 rings (SSSR count). The molecule has 6 nitrogen and oxygen atoms in total. The van der Waals surface area contributed by atoms with Crippen LogP contribution in [0.3, 0.4) is 0 Å². The van der Waals surface area contributed by atoms with E-state index in [9.17, 15) is 9.59 Å². The van der Waals surface area contributed by atoms with Crippen molar-refractivity contribution in [3.63, 3.8) is 0 Å². The largest absolute Gasteiger partial charge is 0.496 e. The minimum atomic E-state index is -0.512. The number of hydrazone groups is 1. The second-order valence-corrected chi connectivity index (χ2v) is 8.03. The molecule has 0 radical (unpaired) electrons. The summed E-state index contributed by atoms with van der Waals surface area (Å²) in [5, 5.41) is 5.18. The summed E-state index contributed by atoms with van der Waals surface area (Å²) in [6.07, 6.45) is 1.49. The van der Waals surface area contributed by atoms with Gasteiger partial charge < -0.3 is 9.47 Å². The molecular weight excluding hydrogens is 448 g/mol. The fourth-order valence-corrected chi connectivity index (χ4v) is 4.36. The number of nitrogens with one attached hydrogen (secondary N) is 1. The summed E-state index contributed by atoms with van der Waals surface area (Å²) in [6.45, 7) is 0. The van der Waals surface area contributed by atoms with Crippen LogP contribution in [0.5, 0.6) is 11.5 Å². The second-order valence-electron chi connectivity index (χ2n) is 6.60. The third kappa shape index (κ3) is 4.64. The second kappa shape index (κ2) is 9.64. The van der Waals surface area contributed by atoms with Crippen LogP contribution in [0.1, 0.15) is 25.6 Å². The lowest BCUT2D eigenvalue weighted by molar-refractivity contribution is 0.0739. The van der Waals surface area contributed by atoms with Gasteiger partial charge in [0, 0.05) is 10.1 Å². The number of para-hydroxylation sites is 1. The summed E-state index contributed by atoms with van der Waals surface area (Å²) in [5.41, 5.74) is 3.56. The van der Waals surface area contributed by atoms with Crippen LogP contribution in [-0.4, -0.2) is 25.2 Å². The Labute approximate surface area is 193 Å². The van der Waals surface area contributed by atoms with E-state index >= 15 is 0 Å². The van der Waals surface area contributed by atoms with E-state index in [1.165, 1.54) is 24.7 Å². The molecule has 1 heterocycles. The molecule has 1 N–H and O–H groups in total. The molecule has 0 fully saturated rings. The highest BCUT2D eigenvalue weighted by Crippen LogP contribution is 2.35. The average molecular weight is 465 g/mol. The molecule has 0 atom stereocenters. The number of nitrogens with zero attached hydrogens (tertiary/aromatic N) is 1. The van der Waals surface area contributed by atoms with Crippen molar-refractivity contribution in [2.75, 3.05) is 7.11 Å². The van der Waals surface area contributed by atoms with E-state index in [4.69, 9.17) is 21.1 Å². The summed E-state index contributed by atoms with van der Waals surface area (Å²) in [7, 11) is 1.50. The molecule has 0 saturated heterocycles. The monoisotopic (exact) mass is 464 g/mol. The van der Waals surface area contributed by atoms with Crippen LogP contribution in [0, 0.1) is 0 Å². The van der Waals surface area contributed by atoms with Crippen LogP contribution in [0.15, 0.2) is 77.9 Å². The molecule has 0 saturated carbocycles. The molecule has 0 aliphatic heterocycles. The van der Waals surface area contributed by atoms with Crippen LogP contribution in [0.4, 0.5) is 0 Å². The van der Waals surface area contributed by atoms with E-state index in [0.29, 0.717) is 32.5 Å². The van der Waals surface area contributed by atoms with Crippen LogP contribution in [0.25, 0.3) is 10.1 Å². The highest BCUT2D eigenvalue weighted by molar-refractivity contribution is 7.21. The number of thiophene rings is 1. The number of hydrogen-bond donors (Lipinski definition) is 1. The molecule has 32 heavy (non-hydrogen) atoms. The van der Waals surface area contributed by atoms with Crippen LogP contribution < -0.4 is 14.9 Å². The quantitative estimate of drug-likeness (QED) is 0.176. The molecule has 0 bridgehead atoms. The topological polar surface area (TPSA) is 77.0 Å². The number of carbonyl (C=O) groups is 2. The Kier molecular flexibility index (Phi) is 6.49. The number of benzene rings is 3. The first-order valence-corrected chi connectivity index (χ1v) is 10.7. The van der Waals surface area contributed by atoms with Gasteiger partial charge in [-0.05, 0) is 48.0 Å².